The maximum atomic E-state index is 12.4. The number of nitrogens with zero attached hydrogens (tertiary/aromatic N) is 4. The summed E-state index contributed by atoms with van der Waals surface area (Å²) in [6.45, 7) is 0.853. The molecule has 0 saturated heterocycles. The number of nitro benzene ring substituents is 1. The fourth-order valence-corrected chi connectivity index (χ4v) is 3.12. The van der Waals surface area contributed by atoms with Gasteiger partial charge in [0.2, 0.25) is 4.47 Å². The number of halogens is 1. The first-order valence-corrected chi connectivity index (χ1v) is 7.28. The number of carbonyl (C=O) groups is 1. The molecule has 0 aliphatic carbocycles. The second-order valence-electron chi connectivity index (χ2n) is 4.52. The lowest BCUT2D eigenvalue weighted by Crippen LogP contribution is -2.37. The van der Waals surface area contributed by atoms with Crippen LogP contribution in [0.25, 0.3) is 0 Å². The molecule has 21 heavy (non-hydrogen) atoms. The van der Waals surface area contributed by atoms with Crippen molar-refractivity contribution in [3.05, 3.63) is 48.9 Å². The Bertz CT molecular complexity index is 733. The van der Waals surface area contributed by atoms with E-state index in [0.717, 1.165) is 5.56 Å². The number of aromatic nitrogens is 2. The van der Waals surface area contributed by atoms with Crippen molar-refractivity contribution >= 4 is 34.5 Å². The molecule has 0 fully saturated rings. The number of amides is 1. The van der Waals surface area contributed by atoms with Gasteiger partial charge in [-0.05, 0) is 23.6 Å². The average molecular weight is 325 g/mol. The van der Waals surface area contributed by atoms with E-state index in [2.05, 4.69) is 10.2 Å². The topological polar surface area (TPSA) is 89.2 Å². The molecule has 9 heteroatoms. The number of hydrogen-bond acceptors (Lipinski definition) is 6. The summed E-state index contributed by atoms with van der Waals surface area (Å²) in [7, 11) is 0. The summed E-state index contributed by atoms with van der Waals surface area (Å²) in [4.78, 5) is 24.3. The Morgan fingerprint density at radius 2 is 2.24 bits per heavy atom. The van der Waals surface area contributed by atoms with Crippen LogP contribution < -0.4 is 0 Å². The molecule has 3 rings (SSSR count). The summed E-state index contributed by atoms with van der Waals surface area (Å²) >= 11 is 6.93. The van der Waals surface area contributed by atoms with Crippen molar-refractivity contribution in [2.45, 2.75) is 13.0 Å². The van der Waals surface area contributed by atoms with Crippen LogP contribution in [-0.4, -0.2) is 32.5 Å². The van der Waals surface area contributed by atoms with E-state index < -0.39 is 4.92 Å². The molecule has 0 spiro atoms. The molecule has 0 N–H and O–H groups in total. The molecule has 1 aliphatic heterocycles. The largest absolute Gasteiger partial charge is 0.331 e. The second kappa shape index (κ2) is 5.38. The molecule has 2 aromatic rings. The SMILES string of the molecule is O=C1c2cc([N+](=O)[O-])ccc2CCN1Cc1nnc(Cl)s1. The molecular weight excluding hydrogens is 316 g/mol. The molecule has 1 aromatic heterocycles. The van der Waals surface area contributed by atoms with Crippen molar-refractivity contribution in [2.75, 3.05) is 6.54 Å². The number of fused-ring (bicyclic) bond motifs is 1. The molecule has 0 bridgehead atoms. The maximum absolute atomic E-state index is 12.4. The molecule has 0 unspecified atom stereocenters. The minimum Gasteiger partial charge on any atom is -0.331 e. The summed E-state index contributed by atoms with van der Waals surface area (Å²) in [5.41, 5.74) is 1.13. The fourth-order valence-electron chi connectivity index (χ4n) is 2.23. The Hall–Kier alpha value is -2.06. The van der Waals surface area contributed by atoms with Crippen LogP contribution in [0.4, 0.5) is 5.69 Å². The van der Waals surface area contributed by atoms with Crippen LogP contribution >= 0.6 is 22.9 Å². The number of hydrogen-bond donors (Lipinski definition) is 0. The van der Waals surface area contributed by atoms with Gasteiger partial charge in [-0.15, -0.1) is 10.2 Å². The highest BCUT2D eigenvalue weighted by molar-refractivity contribution is 7.15. The van der Waals surface area contributed by atoms with E-state index >= 15 is 0 Å². The molecule has 1 aromatic carbocycles. The van der Waals surface area contributed by atoms with Gasteiger partial charge in [0.05, 0.1) is 11.5 Å². The maximum Gasteiger partial charge on any atom is 0.270 e. The Balaban J connectivity index is 1.87. The van der Waals surface area contributed by atoms with Gasteiger partial charge in [-0.25, -0.2) is 0 Å². The van der Waals surface area contributed by atoms with Crippen molar-refractivity contribution < 1.29 is 9.72 Å². The van der Waals surface area contributed by atoms with E-state index in [0.29, 0.717) is 34.5 Å². The van der Waals surface area contributed by atoms with Crippen molar-refractivity contribution in [3.63, 3.8) is 0 Å². The minimum atomic E-state index is -0.503. The molecule has 1 amide bonds. The van der Waals surface area contributed by atoms with Crippen molar-refractivity contribution in [3.8, 4) is 0 Å². The van der Waals surface area contributed by atoms with E-state index in [1.165, 1.54) is 23.5 Å². The van der Waals surface area contributed by atoms with E-state index in [9.17, 15) is 14.9 Å². The van der Waals surface area contributed by atoms with E-state index in [4.69, 9.17) is 11.6 Å². The summed E-state index contributed by atoms with van der Waals surface area (Å²) in [5.74, 6) is -0.230. The number of non-ortho nitro benzene ring substituents is 1. The molecular formula is C12H9ClN4O3S. The summed E-state index contributed by atoms with van der Waals surface area (Å²) < 4.78 is 0.325. The van der Waals surface area contributed by atoms with E-state index in [1.54, 1.807) is 11.0 Å². The molecule has 108 valence electrons. The number of nitro groups is 1. The standard InChI is InChI=1S/C12H9ClN4O3S/c13-12-15-14-10(21-12)6-16-4-3-7-1-2-8(17(19)20)5-9(7)11(16)18/h1-2,5H,3-4,6H2. The summed E-state index contributed by atoms with van der Waals surface area (Å²) in [5, 5.41) is 19.0. The van der Waals surface area contributed by atoms with Gasteiger partial charge in [0.25, 0.3) is 11.6 Å². The molecule has 0 atom stereocenters. The number of benzene rings is 1. The number of rotatable bonds is 3. The van der Waals surface area contributed by atoms with Crippen LogP contribution in [0.2, 0.25) is 4.47 Å². The number of carbonyl (C=O) groups excluding carboxylic acids is 1. The predicted molar refractivity (Wildman–Crippen MR) is 76.5 cm³/mol. The van der Waals surface area contributed by atoms with Gasteiger partial charge in [-0.2, -0.15) is 0 Å². The van der Waals surface area contributed by atoms with Gasteiger partial charge >= 0.3 is 0 Å². The highest BCUT2D eigenvalue weighted by Crippen LogP contribution is 2.25. The third kappa shape index (κ3) is 2.72. The van der Waals surface area contributed by atoms with Crippen LogP contribution in [0.1, 0.15) is 20.9 Å². The first kappa shape index (κ1) is 13.9. The van der Waals surface area contributed by atoms with Crippen molar-refractivity contribution in [1.29, 1.82) is 0 Å². The highest BCUT2D eigenvalue weighted by atomic mass is 35.5. The summed E-state index contributed by atoms with van der Waals surface area (Å²) in [6, 6.07) is 4.40. The van der Waals surface area contributed by atoms with Crippen LogP contribution in [-0.2, 0) is 13.0 Å². The van der Waals surface area contributed by atoms with E-state index in [-0.39, 0.29) is 11.6 Å². The predicted octanol–water partition coefficient (Wildman–Crippen LogP) is 2.30. The third-order valence-corrected chi connectivity index (χ3v) is 4.24. The lowest BCUT2D eigenvalue weighted by Gasteiger charge is -2.27. The molecule has 7 nitrogen and oxygen atoms in total. The molecule has 0 saturated carbocycles. The molecule has 0 radical (unpaired) electrons. The zero-order chi connectivity index (χ0) is 15.0. The van der Waals surface area contributed by atoms with Crippen LogP contribution in [0.3, 0.4) is 0 Å². The first-order chi connectivity index (χ1) is 10.0. The van der Waals surface area contributed by atoms with Crippen LogP contribution in [0.5, 0.6) is 0 Å². The Morgan fingerprint density at radius 1 is 1.43 bits per heavy atom. The quantitative estimate of drug-likeness (QED) is 0.638. The smallest absolute Gasteiger partial charge is 0.270 e. The highest BCUT2D eigenvalue weighted by Gasteiger charge is 2.27. The zero-order valence-electron chi connectivity index (χ0n) is 10.7. The Morgan fingerprint density at radius 3 is 2.90 bits per heavy atom. The lowest BCUT2D eigenvalue weighted by molar-refractivity contribution is -0.384. The van der Waals surface area contributed by atoms with Crippen LogP contribution in [0, 0.1) is 10.1 Å². The molecule has 1 aliphatic rings. The van der Waals surface area contributed by atoms with Gasteiger partial charge in [0.15, 0.2) is 0 Å². The van der Waals surface area contributed by atoms with Crippen LogP contribution in [0.15, 0.2) is 18.2 Å². The first-order valence-electron chi connectivity index (χ1n) is 6.09. The van der Waals surface area contributed by atoms with Gasteiger partial charge in [-0.1, -0.05) is 17.4 Å². The molecule has 2 heterocycles. The van der Waals surface area contributed by atoms with Crippen molar-refractivity contribution in [1.82, 2.24) is 15.1 Å². The van der Waals surface area contributed by atoms with Gasteiger partial charge in [-0.3, -0.25) is 14.9 Å². The average Bonchev–Trinajstić information content (AvgIpc) is 2.87. The van der Waals surface area contributed by atoms with Gasteiger partial charge < -0.3 is 4.90 Å². The van der Waals surface area contributed by atoms with Gasteiger partial charge in [0.1, 0.15) is 5.01 Å². The lowest BCUT2D eigenvalue weighted by atomic mass is 9.98. The second-order valence-corrected chi connectivity index (χ2v) is 6.17. The zero-order valence-corrected chi connectivity index (χ0v) is 12.2. The Kier molecular flexibility index (Phi) is 3.56. The monoisotopic (exact) mass is 324 g/mol. The van der Waals surface area contributed by atoms with E-state index in [1.807, 2.05) is 0 Å². The normalized spacial score (nSPS) is 14.1. The van der Waals surface area contributed by atoms with Crippen molar-refractivity contribution in [2.24, 2.45) is 0 Å². The third-order valence-electron chi connectivity index (χ3n) is 3.24. The summed E-state index contributed by atoms with van der Waals surface area (Å²) in [6.07, 6.45) is 0.658. The minimum absolute atomic E-state index is 0.0806. The van der Waals surface area contributed by atoms with Gasteiger partial charge in [0, 0.05) is 24.2 Å². The Labute approximate surface area is 128 Å². The fraction of sp³-hybridized carbons (Fsp3) is 0.250.